The van der Waals surface area contributed by atoms with E-state index in [1.165, 1.54) is 0 Å². The average molecular weight is 416 g/mol. The van der Waals surface area contributed by atoms with Crippen LogP contribution in [-0.2, 0) is 15.2 Å². The van der Waals surface area contributed by atoms with Crippen molar-refractivity contribution < 1.29 is 52.3 Å². The molecular weight excluding hydrogens is 392 g/mol. The van der Waals surface area contributed by atoms with Crippen LogP contribution in [0, 0.1) is 0 Å². The molecule has 25 heavy (non-hydrogen) atoms. The summed E-state index contributed by atoms with van der Waals surface area (Å²) >= 11 is 0. The third-order valence-electron chi connectivity index (χ3n) is 1.82. The van der Waals surface area contributed by atoms with Gasteiger partial charge in [-0.25, -0.2) is 17.6 Å². The van der Waals surface area contributed by atoms with Crippen LogP contribution in [0.2, 0.25) is 0 Å². The van der Waals surface area contributed by atoms with Crippen molar-refractivity contribution in [3.8, 4) is 0 Å². The second-order valence-corrected chi connectivity index (χ2v) is 4.90. The van der Waals surface area contributed by atoms with Crippen LogP contribution in [0.3, 0.4) is 0 Å². The SMILES string of the molecule is CCCCC(C)OCCC(F)(F)F.FCCF.FCF.O=S(=O)(O)F. The third kappa shape index (κ3) is 82.8. The Labute approximate surface area is 142 Å². The molecule has 0 aromatic carbocycles. The summed E-state index contributed by atoms with van der Waals surface area (Å²) in [5, 5.41) is 0. The Kier molecular flexibility index (Phi) is 27.4. The normalized spacial score (nSPS) is 11.8. The van der Waals surface area contributed by atoms with Crippen LogP contribution in [0.4, 0.5) is 34.6 Å². The van der Waals surface area contributed by atoms with Crippen molar-refractivity contribution in [1.29, 1.82) is 0 Å². The van der Waals surface area contributed by atoms with Gasteiger partial charge < -0.3 is 4.74 Å². The van der Waals surface area contributed by atoms with E-state index in [1.54, 1.807) is 0 Å². The minimum atomic E-state index is -5.17. The molecule has 0 aliphatic rings. The zero-order valence-electron chi connectivity index (χ0n) is 13.8. The van der Waals surface area contributed by atoms with Crippen LogP contribution < -0.4 is 0 Å². The zero-order chi connectivity index (χ0) is 20.9. The monoisotopic (exact) mass is 416 g/mol. The van der Waals surface area contributed by atoms with Gasteiger partial charge >= 0.3 is 16.7 Å². The number of alkyl halides is 7. The maximum atomic E-state index is 11.7. The summed E-state index contributed by atoms with van der Waals surface area (Å²) in [5.74, 6) is 0. The minimum Gasteiger partial charge on any atom is -0.378 e. The summed E-state index contributed by atoms with van der Waals surface area (Å²) in [6, 6.07) is 0. The highest BCUT2D eigenvalue weighted by molar-refractivity contribution is 7.80. The van der Waals surface area contributed by atoms with E-state index in [9.17, 15) is 34.6 Å². The van der Waals surface area contributed by atoms with Crippen LogP contribution in [0.25, 0.3) is 0 Å². The maximum Gasteiger partial charge on any atom is 0.435 e. The van der Waals surface area contributed by atoms with Crippen LogP contribution in [0.5, 0.6) is 0 Å². The number of hydrogen-bond donors (Lipinski definition) is 1. The highest BCUT2D eigenvalue weighted by Gasteiger charge is 2.26. The minimum absolute atomic E-state index is 0.0534. The van der Waals surface area contributed by atoms with Crippen molar-refractivity contribution in [2.24, 2.45) is 0 Å². The smallest absolute Gasteiger partial charge is 0.378 e. The first-order valence-electron chi connectivity index (χ1n) is 6.88. The molecule has 0 radical (unpaired) electrons. The Bertz CT molecular complexity index is 328. The fourth-order valence-corrected chi connectivity index (χ4v) is 0.951. The maximum absolute atomic E-state index is 11.7. The Morgan fingerprint density at radius 2 is 1.44 bits per heavy atom. The molecular formula is C12H24F8O4S. The van der Waals surface area contributed by atoms with E-state index in [4.69, 9.17) is 17.7 Å². The molecule has 0 saturated carbocycles. The van der Waals surface area contributed by atoms with Crippen LogP contribution >= 0.6 is 0 Å². The summed E-state index contributed by atoms with van der Waals surface area (Å²) in [4.78, 5) is 0. The number of ether oxygens (including phenoxy) is 1. The van der Waals surface area contributed by atoms with Crippen LogP contribution in [0.1, 0.15) is 39.5 Å². The van der Waals surface area contributed by atoms with E-state index in [0.717, 1.165) is 19.3 Å². The van der Waals surface area contributed by atoms with E-state index in [-0.39, 0.29) is 12.7 Å². The summed E-state index contributed by atoms with van der Waals surface area (Å²) in [5.41, 5.74) is 0. The van der Waals surface area contributed by atoms with Gasteiger partial charge in [-0.05, 0) is 13.3 Å². The number of halogens is 8. The van der Waals surface area contributed by atoms with Gasteiger partial charge in [0, 0.05) is 0 Å². The summed E-state index contributed by atoms with van der Waals surface area (Å²) in [6.45, 7) is 0.197. The van der Waals surface area contributed by atoms with Crippen molar-refractivity contribution in [1.82, 2.24) is 0 Å². The van der Waals surface area contributed by atoms with Crippen molar-refractivity contribution in [2.75, 3.05) is 26.9 Å². The quantitative estimate of drug-likeness (QED) is 0.356. The lowest BCUT2D eigenvalue weighted by atomic mass is 10.2. The average Bonchev–Trinajstić information content (AvgIpc) is 2.43. The molecule has 1 atom stereocenters. The van der Waals surface area contributed by atoms with Crippen molar-refractivity contribution in [3.05, 3.63) is 0 Å². The molecule has 0 spiro atoms. The fraction of sp³-hybridized carbons (Fsp3) is 1.00. The standard InChI is InChI=1S/C9H17F3O.C2H4F2.CH2F2.FHO3S/c1-3-4-5-8(2)13-7-6-9(10,11)12;3-1-2-4;2-1-3;1-5(2,3)4/h8H,3-7H2,1-2H3;1-2H2;1H2;(H,2,3,4). The molecule has 1 N–H and O–H groups in total. The zero-order valence-corrected chi connectivity index (χ0v) is 14.7. The molecule has 0 aromatic heterocycles. The third-order valence-corrected chi connectivity index (χ3v) is 1.82. The first-order chi connectivity index (χ1) is 11.3. The van der Waals surface area contributed by atoms with Crippen molar-refractivity contribution in [3.63, 3.8) is 0 Å². The molecule has 0 amide bonds. The van der Waals surface area contributed by atoms with Crippen LogP contribution in [0.15, 0.2) is 0 Å². The Morgan fingerprint density at radius 1 is 1.08 bits per heavy atom. The molecule has 0 aliphatic heterocycles. The molecule has 158 valence electrons. The Hall–Kier alpha value is -0.690. The molecule has 0 aliphatic carbocycles. The molecule has 0 bridgehead atoms. The Morgan fingerprint density at radius 3 is 1.68 bits per heavy atom. The van der Waals surface area contributed by atoms with E-state index < -0.39 is 43.4 Å². The summed E-state index contributed by atoms with van der Waals surface area (Å²) in [7, 11) is -5.17. The predicted molar refractivity (Wildman–Crippen MR) is 77.3 cm³/mol. The molecule has 13 heteroatoms. The number of rotatable bonds is 7. The lowest BCUT2D eigenvalue weighted by Crippen LogP contribution is -2.15. The van der Waals surface area contributed by atoms with Gasteiger partial charge in [0.1, 0.15) is 13.3 Å². The van der Waals surface area contributed by atoms with Crippen molar-refractivity contribution >= 4 is 10.5 Å². The van der Waals surface area contributed by atoms with E-state index in [1.807, 2.05) is 13.8 Å². The van der Waals surface area contributed by atoms with E-state index >= 15 is 0 Å². The van der Waals surface area contributed by atoms with Gasteiger partial charge in [-0.15, -0.1) is 0 Å². The van der Waals surface area contributed by atoms with Crippen LogP contribution in [-0.4, -0.2) is 52.1 Å². The highest BCUT2D eigenvalue weighted by Crippen LogP contribution is 2.19. The lowest BCUT2D eigenvalue weighted by Gasteiger charge is -2.13. The molecule has 0 heterocycles. The summed E-state index contributed by atoms with van der Waals surface area (Å²) in [6.07, 6.45) is -2.09. The van der Waals surface area contributed by atoms with Gasteiger partial charge in [0.25, 0.3) is 0 Å². The highest BCUT2D eigenvalue weighted by atomic mass is 32.3. The van der Waals surface area contributed by atoms with Gasteiger partial charge in [-0.1, -0.05) is 23.7 Å². The number of hydrogen-bond acceptors (Lipinski definition) is 3. The molecule has 4 nitrogen and oxygen atoms in total. The van der Waals surface area contributed by atoms with Gasteiger partial charge in [0.2, 0.25) is 6.93 Å². The second kappa shape index (κ2) is 21.4. The van der Waals surface area contributed by atoms with E-state index in [0.29, 0.717) is 0 Å². The van der Waals surface area contributed by atoms with E-state index in [2.05, 4.69) is 0 Å². The Balaban J connectivity index is -0.000000151. The molecule has 0 fully saturated rings. The molecule has 0 saturated heterocycles. The van der Waals surface area contributed by atoms with Gasteiger partial charge in [0.15, 0.2) is 0 Å². The van der Waals surface area contributed by atoms with Crippen molar-refractivity contribution in [2.45, 2.75) is 51.8 Å². The first kappa shape index (κ1) is 32.0. The summed E-state index contributed by atoms with van der Waals surface area (Å²) < 4.78 is 114. The predicted octanol–water partition coefficient (Wildman–Crippen LogP) is 5.10. The molecule has 1 unspecified atom stereocenters. The first-order valence-corrected chi connectivity index (χ1v) is 8.22. The number of unbranched alkanes of at least 4 members (excludes halogenated alkanes) is 1. The van der Waals surface area contributed by atoms with Gasteiger partial charge in [-0.3, -0.25) is 4.55 Å². The largest absolute Gasteiger partial charge is 0.435 e. The van der Waals surface area contributed by atoms with Gasteiger partial charge in [0.05, 0.1) is 19.1 Å². The fourth-order valence-electron chi connectivity index (χ4n) is 0.951. The molecule has 0 rings (SSSR count). The van der Waals surface area contributed by atoms with Gasteiger partial charge in [-0.2, -0.15) is 21.6 Å². The topological polar surface area (TPSA) is 63.6 Å². The lowest BCUT2D eigenvalue weighted by molar-refractivity contribution is -0.148. The molecule has 0 aromatic rings. The second-order valence-electron chi connectivity index (χ2n) is 4.08.